The maximum absolute atomic E-state index is 12.5. The number of thioether (sulfide) groups is 1. The van der Waals surface area contributed by atoms with Crippen molar-refractivity contribution >= 4 is 29.0 Å². The average Bonchev–Trinajstić information content (AvgIpc) is 3.50. The van der Waals surface area contributed by atoms with Gasteiger partial charge in [-0.25, -0.2) is 0 Å². The van der Waals surface area contributed by atoms with E-state index in [1.54, 1.807) is 11.3 Å². The molecule has 7 nitrogen and oxygen atoms in total. The van der Waals surface area contributed by atoms with Crippen molar-refractivity contribution < 1.29 is 18.7 Å². The molecule has 0 radical (unpaired) electrons. The number of carbonyl (C=O) groups is 1. The van der Waals surface area contributed by atoms with Gasteiger partial charge in [-0.15, -0.1) is 21.5 Å². The van der Waals surface area contributed by atoms with Crippen LogP contribution in [0.5, 0.6) is 11.5 Å². The summed E-state index contributed by atoms with van der Waals surface area (Å²) >= 11 is 3.00. The number of hydrogen-bond acceptors (Lipinski definition) is 8. The van der Waals surface area contributed by atoms with E-state index in [1.807, 2.05) is 25.1 Å². The van der Waals surface area contributed by atoms with Crippen molar-refractivity contribution in [1.29, 1.82) is 0 Å². The van der Waals surface area contributed by atoms with Crippen LogP contribution < -0.4 is 14.8 Å². The molecule has 0 fully saturated rings. The minimum Gasteiger partial charge on any atom is -0.454 e. The molecule has 2 atom stereocenters. The van der Waals surface area contributed by atoms with E-state index < -0.39 is 0 Å². The number of aromatic nitrogens is 2. The molecule has 0 saturated heterocycles. The Morgan fingerprint density at radius 3 is 3.06 bits per heavy atom. The van der Waals surface area contributed by atoms with Crippen LogP contribution in [0.4, 0.5) is 0 Å². The number of thiophene rings is 1. The summed E-state index contributed by atoms with van der Waals surface area (Å²) in [6.45, 7) is 4.77. The summed E-state index contributed by atoms with van der Waals surface area (Å²) in [7, 11) is 0. The third-order valence-corrected chi connectivity index (χ3v) is 7.66. The number of aryl methyl sites for hydroxylation is 1. The highest BCUT2D eigenvalue weighted by Gasteiger charge is 2.23. The molecule has 0 saturated carbocycles. The van der Waals surface area contributed by atoms with E-state index in [9.17, 15) is 4.79 Å². The van der Waals surface area contributed by atoms with Crippen LogP contribution in [0.25, 0.3) is 10.8 Å². The van der Waals surface area contributed by atoms with Crippen LogP contribution in [0.15, 0.2) is 33.9 Å². The first-order valence-electron chi connectivity index (χ1n) is 10.3. The van der Waals surface area contributed by atoms with Gasteiger partial charge in [-0.05, 0) is 61.4 Å². The fourth-order valence-corrected chi connectivity index (χ4v) is 5.59. The molecular weight excluding hydrogens is 434 g/mol. The molecule has 2 aromatic heterocycles. The van der Waals surface area contributed by atoms with Crippen molar-refractivity contribution in [2.45, 2.75) is 50.1 Å². The van der Waals surface area contributed by atoms with E-state index >= 15 is 0 Å². The highest BCUT2D eigenvalue weighted by atomic mass is 32.2. The smallest absolute Gasteiger partial charge is 0.277 e. The van der Waals surface area contributed by atoms with E-state index in [4.69, 9.17) is 13.9 Å². The summed E-state index contributed by atoms with van der Waals surface area (Å²) in [6.07, 6.45) is 3.47. The summed E-state index contributed by atoms with van der Waals surface area (Å²) in [5.41, 5.74) is 2.35. The number of rotatable bonds is 6. The van der Waals surface area contributed by atoms with E-state index in [1.165, 1.54) is 28.6 Å². The molecule has 31 heavy (non-hydrogen) atoms. The number of nitrogens with one attached hydrogen (secondary N) is 1. The predicted octanol–water partition coefficient (Wildman–Crippen LogP) is 4.45. The highest BCUT2D eigenvalue weighted by Crippen LogP contribution is 2.37. The van der Waals surface area contributed by atoms with Gasteiger partial charge in [0.1, 0.15) is 0 Å². The second kappa shape index (κ2) is 8.55. The zero-order valence-electron chi connectivity index (χ0n) is 17.3. The third-order valence-electron chi connectivity index (χ3n) is 5.50. The maximum atomic E-state index is 12.5. The van der Waals surface area contributed by atoms with Crippen LogP contribution in [0.2, 0.25) is 0 Å². The van der Waals surface area contributed by atoms with Gasteiger partial charge < -0.3 is 19.2 Å². The molecule has 3 heterocycles. The van der Waals surface area contributed by atoms with Crippen molar-refractivity contribution in [3.8, 4) is 22.3 Å². The zero-order valence-corrected chi connectivity index (χ0v) is 19.0. The molecule has 1 N–H and O–H groups in total. The number of hydrogen-bond donors (Lipinski definition) is 1. The fourth-order valence-electron chi connectivity index (χ4n) is 3.76. The van der Waals surface area contributed by atoms with Gasteiger partial charge in [0.05, 0.1) is 10.1 Å². The Morgan fingerprint density at radius 2 is 2.16 bits per heavy atom. The quantitative estimate of drug-likeness (QED) is 0.547. The van der Waals surface area contributed by atoms with E-state index in [-0.39, 0.29) is 18.0 Å². The summed E-state index contributed by atoms with van der Waals surface area (Å²) in [6, 6.07) is 7.83. The normalized spacial score (nSPS) is 17.9. The van der Waals surface area contributed by atoms with E-state index in [2.05, 4.69) is 28.5 Å². The maximum Gasteiger partial charge on any atom is 0.277 e. The fraction of sp³-hybridized carbons (Fsp3) is 0.409. The zero-order chi connectivity index (χ0) is 21.4. The predicted molar refractivity (Wildman–Crippen MR) is 119 cm³/mol. The highest BCUT2D eigenvalue weighted by molar-refractivity contribution is 8.00. The van der Waals surface area contributed by atoms with Crippen LogP contribution in [0.1, 0.15) is 36.3 Å². The number of ether oxygens (including phenoxy) is 2. The van der Waals surface area contributed by atoms with E-state index in [0.717, 1.165) is 34.9 Å². The Bertz CT molecular complexity index is 1110. The topological polar surface area (TPSA) is 86.5 Å². The molecule has 9 heteroatoms. The standard InChI is InChI=1S/C22H23N3O4S2/c1-12-3-6-18-15(7-12)9-19(31-18)21-24-25-22(29-21)30-13(2)20(26)23-10-14-4-5-16-17(8-14)28-11-27-16/h4-5,8-9,12-13H,3,6-7,10-11H2,1-2H3,(H,23,26)/t12-,13+/m1/s1. The first-order valence-corrected chi connectivity index (χ1v) is 12.0. The van der Waals surface area contributed by atoms with Crippen molar-refractivity contribution in [2.24, 2.45) is 5.92 Å². The lowest BCUT2D eigenvalue weighted by atomic mass is 9.90. The molecule has 0 unspecified atom stereocenters. The molecule has 2 aliphatic rings. The Balaban J connectivity index is 1.18. The molecule has 3 aromatic rings. The molecule has 0 spiro atoms. The lowest BCUT2D eigenvalue weighted by Crippen LogP contribution is -2.30. The van der Waals surface area contributed by atoms with Crippen molar-refractivity contribution in [3.63, 3.8) is 0 Å². The molecule has 5 rings (SSSR count). The summed E-state index contributed by atoms with van der Waals surface area (Å²) in [4.78, 5) is 15.0. The first-order chi connectivity index (χ1) is 15.0. The van der Waals surface area contributed by atoms with Crippen LogP contribution in [0.3, 0.4) is 0 Å². The van der Waals surface area contributed by atoms with Gasteiger partial charge in [0.15, 0.2) is 11.5 Å². The monoisotopic (exact) mass is 457 g/mol. The van der Waals surface area contributed by atoms with E-state index in [0.29, 0.717) is 23.4 Å². The molecule has 1 aliphatic heterocycles. The first kappa shape index (κ1) is 20.4. The molecule has 1 aromatic carbocycles. The largest absolute Gasteiger partial charge is 0.454 e. The number of fused-ring (bicyclic) bond motifs is 2. The lowest BCUT2D eigenvalue weighted by molar-refractivity contribution is -0.120. The lowest BCUT2D eigenvalue weighted by Gasteiger charge is -2.16. The van der Waals surface area contributed by atoms with Crippen molar-refractivity contribution in [1.82, 2.24) is 15.5 Å². The minimum absolute atomic E-state index is 0.0945. The van der Waals surface area contributed by atoms with Crippen LogP contribution in [-0.4, -0.2) is 28.1 Å². The average molecular weight is 458 g/mol. The van der Waals surface area contributed by atoms with Gasteiger partial charge in [0.2, 0.25) is 12.7 Å². The second-order valence-electron chi connectivity index (χ2n) is 7.95. The molecule has 162 valence electrons. The SMILES string of the molecule is C[C@@H]1CCc2sc(-c3nnc(S[C@@H](C)C(=O)NCc4ccc5c(c4)OCO5)o3)cc2C1. The molecule has 1 amide bonds. The van der Waals surface area contributed by atoms with Gasteiger partial charge in [-0.2, -0.15) is 0 Å². The minimum atomic E-state index is -0.361. The van der Waals surface area contributed by atoms with Crippen molar-refractivity contribution in [3.05, 3.63) is 40.3 Å². The van der Waals surface area contributed by atoms with Crippen molar-refractivity contribution in [2.75, 3.05) is 6.79 Å². The van der Waals surface area contributed by atoms with Gasteiger partial charge in [-0.3, -0.25) is 4.79 Å². The Labute approximate surface area is 188 Å². The molecular formula is C22H23N3O4S2. The summed E-state index contributed by atoms with van der Waals surface area (Å²) in [5, 5.41) is 11.3. The molecule has 1 aliphatic carbocycles. The Morgan fingerprint density at radius 1 is 1.29 bits per heavy atom. The molecule has 0 bridgehead atoms. The van der Waals surface area contributed by atoms with Gasteiger partial charge in [0.25, 0.3) is 11.1 Å². The third kappa shape index (κ3) is 4.43. The Kier molecular flexibility index (Phi) is 5.62. The number of benzene rings is 1. The number of carbonyl (C=O) groups excluding carboxylic acids is 1. The Hall–Kier alpha value is -2.52. The summed E-state index contributed by atoms with van der Waals surface area (Å²) in [5.74, 6) is 2.59. The number of nitrogens with zero attached hydrogens (tertiary/aromatic N) is 2. The van der Waals surface area contributed by atoms with Crippen LogP contribution >= 0.6 is 23.1 Å². The van der Waals surface area contributed by atoms with Crippen LogP contribution in [0, 0.1) is 5.92 Å². The second-order valence-corrected chi connectivity index (χ2v) is 10.4. The van der Waals surface area contributed by atoms with Crippen LogP contribution in [-0.2, 0) is 24.2 Å². The number of amides is 1. The van der Waals surface area contributed by atoms with Gasteiger partial charge >= 0.3 is 0 Å². The van der Waals surface area contributed by atoms with Gasteiger partial charge in [-0.1, -0.05) is 24.8 Å². The van der Waals surface area contributed by atoms with Gasteiger partial charge in [0, 0.05) is 11.4 Å². The summed E-state index contributed by atoms with van der Waals surface area (Å²) < 4.78 is 16.5.